The number of nitrogens with zero attached hydrogens (tertiary/aromatic N) is 1. The maximum absolute atomic E-state index is 12.2. The molecule has 0 saturated carbocycles. The van der Waals surface area contributed by atoms with Crippen LogP contribution in [0.3, 0.4) is 0 Å². The van der Waals surface area contributed by atoms with E-state index in [1.54, 1.807) is 0 Å². The van der Waals surface area contributed by atoms with Crippen molar-refractivity contribution < 1.29 is 17.6 Å². The van der Waals surface area contributed by atoms with Crippen molar-refractivity contribution in [3.8, 4) is 0 Å². The first kappa shape index (κ1) is 10.9. The molecule has 0 bridgehead atoms. The van der Waals surface area contributed by atoms with Crippen molar-refractivity contribution in [3.05, 3.63) is 29.6 Å². The molecular weight excluding hydrogens is 200 g/mol. The molecule has 0 saturated heterocycles. The van der Waals surface area contributed by atoms with Crippen molar-refractivity contribution in [2.24, 2.45) is 5.73 Å². The summed E-state index contributed by atoms with van der Waals surface area (Å²) >= 11 is 0. The SMILES string of the molecule is N[C@H](CF)c1cncc(C(F)(F)F)c1. The summed E-state index contributed by atoms with van der Waals surface area (Å²) in [5.74, 6) is 0. The number of aromatic nitrogens is 1. The Kier molecular flexibility index (Phi) is 3.05. The summed E-state index contributed by atoms with van der Waals surface area (Å²) in [6.07, 6.45) is -2.67. The lowest BCUT2D eigenvalue weighted by Gasteiger charge is -2.10. The van der Waals surface area contributed by atoms with Crippen molar-refractivity contribution in [1.82, 2.24) is 4.98 Å². The van der Waals surface area contributed by atoms with E-state index in [0.717, 1.165) is 12.3 Å². The van der Waals surface area contributed by atoms with E-state index in [-0.39, 0.29) is 5.56 Å². The highest BCUT2D eigenvalue weighted by Gasteiger charge is 2.31. The van der Waals surface area contributed by atoms with Crippen LogP contribution in [0.25, 0.3) is 0 Å². The van der Waals surface area contributed by atoms with Gasteiger partial charge in [0.2, 0.25) is 0 Å². The maximum Gasteiger partial charge on any atom is 0.417 e. The third-order valence-electron chi connectivity index (χ3n) is 1.68. The predicted molar refractivity (Wildman–Crippen MR) is 42.1 cm³/mol. The topological polar surface area (TPSA) is 38.9 Å². The van der Waals surface area contributed by atoms with Crippen LogP contribution in [0.2, 0.25) is 0 Å². The lowest BCUT2D eigenvalue weighted by atomic mass is 10.1. The quantitative estimate of drug-likeness (QED) is 0.755. The minimum atomic E-state index is -4.47. The summed E-state index contributed by atoms with van der Waals surface area (Å²) in [5, 5.41) is 0. The van der Waals surface area contributed by atoms with Gasteiger partial charge in [0.15, 0.2) is 0 Å². The van der Waals surface area contributed by atoms with Crippen LogP contribution >= 0.6 is 0 Å². The molecule has 0 unspecified atom stereocenters. The first-order chi connectivity index (χ1) is 6.45. The summed E-state index contributed by atoms with van der Waals surface area (Å²) in [6.45, 7) is -0.914. The van der Waals surface area contributed by atoms with Crippen LogP contribution in [-0.2, 0) is 6.18 Å². The van der Waals surface area contributed by atoms with Gasteiger partial charge in [-0.05, 0) is 11.6 Å². The Morgan fingerprint density at radius 2 is 2.00 bits per heavy atom. The highest BCUT2D eigenvalue weighted by molar-refractivity contribution is 5.23. The minimum Gasteiger partial charge on any atom is -0.322 e. The lowest BCUT2D eigenvalue weighted by Crippen LogP contribution is -2.14. The van der Waals surface area contributed by atoms with Crippen LogP contribution in [0.15, 0.2) is 18.5 Å². The van der Waals surface area contributed by atoms with Gasteiger partial charge in [-0.3, -0.25) is 4.98 Å². The Balaban J connectivity index is 3.01. The van der Waals surface area contributed by atoms with Crippen molar-refractivity contribution in [2.75, 3.05) is 6.67 Å². The van der Waals surface area contributed by atoms with Crippen molar-refractivity contribution in [3.63, 3.8) is 0 Å². The molecule has 0 aromatic carbocycles. The Labute approximate surface area is 77.7 Å². The van der Waals surface area contributed by atoms with Gasteiger partial charge in [0.25, 0.3) is 0 Å². The molecule has 0 amide bonds. The summed E-state index contributed by atoms with van der Waals surface area (Å²) in [4.78, 5) is 3.35. The second-order valence-electron chi connectivity index (χ2n) is 2.77. The van der Waals surface area contributed by atoms with Crippen molar-refractivity contribution >= 4 is 0 Å². The van der Waals surface area contributed by atoms with E-state index >= 15 is 0 Å². The smallest absolute Gasteiger partial charge is 0.322 e. The Bertz CT molecular complexity index is 310. The summed E-state index contributed by atoms with van der Waals surface area (Å²) < 4.78 is 48.5. The van der Waals surface area contributed by atoms with Crippen molar-refractivity contribution in [2.45, 2.75) is 12.2 Å². The van der Waals surface area contributed by atoms with E-state index in [0.29, 0.717) is 6.20 Å². The fourth-order valence-corrected chi connectivity index (χ4v) is 0.905. The molecule has 1 aromatic rings. The number of alkyl halides is 4. The van der Waals surface area contributed by atoms with Crippen LogP contribution in [0.4, 0.5) is 17.6 Å². The van der Waals surface area contributed by atoms with E-state index in [9.17, 15) is 17.6 Å². The third kappa shape index (κ3) is 2.41. The van der Waals surface area contributed by atoms with E-state index in [1.807, 2.05) is 0 Å². The van der Waals surface area contributed by atoms with E-state index in [4.69, 9.17) is 5.73 Å². The molecule has 0 radical (unpaired) electrons. The van der Waals surface area contributed by atoms with Crippen LogP contribution in [0, 0.1) is 0 Å². The van der Waals surface area contributed by atoms with Gasteiger partial charge in [-0.1, -0.05) is 0 Å². The molecule has 0 fully saturated rings. The zero-order valence-corrected chi connectivity index (χ0v) is 7.05. The molecule has 14 heavy (non-hydrogen) atoms. The molecule has 0 aliphatic rings. The lowest BCUT2D eigenvalue weighted by molar-refractivity contribution is -0.137. The van der Waals surface area contributed by atoms with Gasteiger partial charge in [-0.15, -0.1) is 0 Å². The zero-order valence-electron chi connectivity index (χ0n) is 7.05. The molecular formula is C8H8F4N2. The molecule has 1 rings (SSSR count). The van der Waals surface area contributed by atoms with Gasteiger partial charge in [-0.25, -0.2) is 4.39 Å². The second-order valence-corrected chi connectivity index (χ2v) is 2.77. The first-order valence-electron chi connectivity index (χ1n) is 3.79. The molecule has 2 nitrogen and oxygen atoms in total. The third-order valence-corrected chi connectivity index (χ3v) is 1.68. The molecule has 2 N–H and O–H groups in total. The fourth-order valence-electron chi connectivity index (χ4n) is 0.905. The molecule has 0 aliphatic heterocycles. The average Bonchev–Trinajstić information content (AvgIpc) is 2.15. The molecule has 0 aliphatic carbocycles. The van der Waals surface area contributed by atoms with Gasteiger partial charge in [-0.2, -0.15) is 13.2 Å². The Hall–Kier alpha value is -1.17. The van der Waals surface area contributed by atoms with Gasteiger partial charge < -0.3 is 5.73 Å². The minimum absolute atomic E-state index is 0.0438. The number of hydrogen-bond donors (Lipinski definition) is 1. The number of pyridine rings is 1. The average molecular weight is 208 g/mol. The van der Waals surface area contributed by atoms with Gasteiger partial charge in [0.1, 0.15) is 6.67 Å². The van der Waals surface area contributed by atoms with Crippen LogP contribution in [0.1, 0.15) is 17.2 Å². The predicted octanol–water partition coefficient (Wildman–Crippen LogP) is 2.07. The first-order valence-corrected chi connectivity index (χ1v) is 3.79. The van der Waals surface area contributed by atoms with E-state index in [2.05, 4.69) is 4.98 Å². The summed E-state index contributed by atoms with van der Waals surface area (Å²) in [7, 11) is 0. The Morgan fingerprint density at radius 3 is 2.50 bits per heavy atom. The number of halogens is 4. The number of nitrogens with two attached hydrogens (primary N) is 1. The molecule has 1 aromatic heterocycles. The zero-order chi connectivity index (χ0) is 10.8. The highest BCUT2D eigenvalue weighted by Crippen LogP contribution is 2.29. The largest absolute Gasteiger partial charge is 0.417 e. The van der Waals surface area contributed by atoms with Gasteiger partial charge in [0.05, 0.1) is 11.6 Å². The molecule has 78 valence electrons. The van der Waals surface area contributed by atoms with E-state index < -0.39 is 24.5 Å². The highest BCUT2D eigenvalue weighted by atomic mass is 19.4. The standard InChI is InChI=1S/C8H8F4N2/c9-2-7(13)5-1-6(4-14-3-5)8(10,11)12/h1,3-4,7H,2,13H2/t7-/m1/s1. The van der Waals surface area contributed by atoms with E-state index in [1.165, 1.54) is 0 Å². The molecule has 1 heterocycles. The molecule has 1 atom stereocenters. The summed E-state index contributed by atoms with van der Waals surface area (Å²) in [5.41, 5.74) is 4.35. The van der Waals surface area contributed by atoms with Crippen molar-refractivity contribution in [1.29, 1.82) is 0 Å². The second kappa shape index (κ2) is 3.91. The number of hydrogen-bond acceptors (Lipinski definition) is 2. The van der Waals surface area contributed by atoms with Gasteiger partial charge in [0, 0.05) is 12.4 Å². The maximum atomic E-state index is 12.2. The van der Waals surface area contributed by atoms with Crippen LogP contribution < -0.4 is 5.73 Å². The Morgan fingerprint density at radius 1 is 1.36 bits per heavy atom. The normalized spacial score (nSPS) is 14.1. The summed E-state index contributed by atoms with van der Waals surface area (Å²) in [6, 6.07) is -0.248. The van der Waals surface area contributed by atoms with Crippen LogP contribution in [0.5, 0.6) is 0 Å². The monoisotopic (exact) mass is 208 g/mol. The fraction of sp³-hybridized carbons (Fsp3) is 0.375. The number of rotatable bonds is 2. The molecule has 0 spiro atoms. The molecule has 6 heteroatoms. The van der Waals surface area contributed by atoms with Gasteiger partial charge >= 0.3 is 6.18 Å². The van der Waals surface area contributed by atoms with Crippen LogP contribution in [-0.4, -0.2) is 11.7 Å².